The fraction of sp³-hybridized carbons (Fsp3) is 0.136. The second-order valence-electron chi connectivity index (χ2n) is 6.10. The van der Waals surface area contributed by atoms with Crippen LogP contribution in [0, 0.1) is 0 Å². The molecule has 25 heavy (non-hydrogen) atoms. The average Bonchev–Trinajstić information content (AvgIpc) is 3.11. The minimum absolute atomic E-state index is 0.00270. The third-order valence-electron chi connectivity index (χ3n) is 4.51. The molecule has 0 radical (unpaired) electrons. The van der Waals surface area contributed by atoms with Crippen molar-refractivity contribution in [2.45, 2.75) is 6.42 Å². The van der Waals surface area contributed by atoms with Crippen molar-refractivity contribution >= 4 is 11.6 Å². The van der Waals surface area contributed by atoms with Gasteiger partial charge in [0.1, 0.15) is 5.75 Å². The Balaban J connectivity index is 1.40. The Morgan fingerprint density at radius 2 is 1.52 bits per heavy atom. The van der Waals surface area contributed by atoms with Gasteiger partial charge in [-0.05, 0) is 41.3 Å². The van der Waals surface area contributed by atoms with Crippen LogP contribution in [0.1, 0.15) is 5.56 Å². The number of fused-ring (bicyclic) bond motifs is 1. The normalized spacial score (nSPS) is 12.7. The molecule has 4 rings (SSSR count). The predicted octanol–water partition coefficient (Wildman–Crippen LogP) is 4.32. The van der Waals surface area contributed by atoms with Crippen molar-refractivity contribution < 1.29 is 9.53 Å². The SMILES string of the molecule is O=C(COc1ccc(-c2ccccc2)cc1)N1CCc2ccccc21. The largest absolute Gasteiger partial charge is 0.484 e. The first-order valence-electron chi connectivity index (χ1n) is 8.48. The van der Waals surface area contributed by atoms with E-state index < -0.39 is 0 Å². The maximum absolute atomic E-state index is 12.5. The topological polar surface area (TPSA) is 29.5 Å². The summed E-state index contributed by atoms with van der Waals surface area (Å²) in [6, 6.07) is 26.1. The van der Waals surface area contributed by atoms with Gasteiger partial charge in [-0.3, -0.25) is 4.79 Å². The van der Waals surface area contributed by atoms with Gasteiger partial charge in [0.25, 0.3) is 5.91 Å². The minimum atomic E-state index is -0.00270. The summed E-state index contributed by atoms with van der Waals surface area (Å²) in [7, 11) is 0. The molecule has 0 saturated heterocycles. The number of para-hydroxylation sites is 1. The standard InChI is InChI=1S/C22H19NO2/c24-22(23-15-14-19-8-4-5-9-21(19)23)16-25-20-12-10-18(11-13-20)17-6-2-1-3-7-17/h1-13H,14-16H2. The lowest BCUT2D eigenvalue weighted by atomic mass is 10.1. The molecule has 3 nitrogen and oxygen atoms in total. The number of hydrogen-bond acceptors (Lipinski definition) is 2. The quantitative estimate of drug-likeness (QED) is 0.713. The molecule has 0 saturated carbocycles. The highest BCUT2D eigenvalue weighted by Gasteiger charge is 2.24. The van der Waals surface area contributed by atoms with Crippen molar-refractivity contribution in [3.63, 3.8) is 0 Å². The minimum Gasteiger partial charge on any atom is -0.484 e. The number of ether oxygens (including phenoxy) is 1. The van der Waals surface area contributed by atoms with Crippen molar-refractivity contribution in [2.24, 2.45) is 0 Å². The van der Waals surface area contributed by atoms with Gasteiger partial charge in [-0.25, -0.2) is 0 Å². The molecule has 1 heterocycles. The number of carbonyl (C=O) groups excluding carboxylic acids is 1. The Labute approximate surface area is 147 Å². The average molecular weight is 329 g/mol. The zero-order valence-corrected chi connectivity index (χ0v) is 13.9. The number of benzene rings is 3. The number of carbonyl (C=O) groups is 1. The summed E-state index contributed by atoms with van der Waals surface area (Å²) in [5.41, 5.74) is 4.53. The van der Waals surface area contributed by atoms with Gasteiger partial charge < -0.3 is 9.64 Å². The second kappa shape index (κ2) is 6.81. The van der Waals surface area contributed by atoms with Crippen LogP contribution < -0.4 is 9.64 Å². The molecule has 0 atom stereocenters. The first-order valence-corrected chi connectivity index (χ1v) is 8.48. The highest BCUT2D eigenvalue weighted by atomic mass is 16.5. The molecule has 0 unspecified atom stereocenters. The van der Waals surface area contributed by atoms with Crippen LogP contribution in [-0.4, -0.2) is 19.1 Å². The first-order chi connectivity index (χ1) is 12.3. The number of amides is 1. The summed E-state index contributed by atoms with van der Waals surface area (Å²) in [5.74, 6) is 0.706. The monoisotopic (exact) mass is 329 g/mol. The Morgan fingerprint density at radius 1 is 0.840 bits per heavy atom. The third kappa shape index (κ3) is 3.26. The van der Waals surface area contributed by atoms with Crippen molar-refractivity contribution in [3.8, 4) is 16.9 Å². The molecule has 1 aliphatic rings. The van der Waals surface area contributed by atoms with E-state index in [1.807, 2.05) is 65.6 Å². The van der Waals surface area contributed by atoms with E-state index in [1.54, 1.807) is 0 Å². The first kappa shape index (κ1) is 15.5. The third-order valence-corrected chi connectivity index (χ3v) is 4.51. The fourth-order valence-electron chi connectivity index (χ4n) is 3.19. The molecule has 0 aromatic heterocycles. The van der Waals surface area contributed by atoms with E-state index in [9.17, 15) is 4.79 Å². The summed E-state index contributed by atoms with van der Waals surface area (Å²) in [5, 5.41) is 0. The molecule has 124 valence electrons. The molecule has 1 amide bonds. The van der Waals surface area contributed by atoms with E-state index in [2.05, 4.69) is 18.2 Å². The van der Waals surface area contributed by atoms with Crippen molar-refractivity contribution in [2.75, 3.05) is 18.1 Å². The van der Waals surface area contributed by atoms with E-state index in [-0.39, 0.29) is 12.5 Å². The molecule has 0 aliphatic carbocycles. The van der Waals surface area contributed by atoms with Gasteiger partial charge in [0.2, 0.25) is 0 Å². The van der Waals surface area contributed by atoms with Crippen LogP contribution in [0.25, 0.3) is 11.1 Å². The van der Waals surface area contributed by atoms with E-state index in [0.29, 0.717) is 5.75 Å². The molecular weight excluding hydrogens is 310 g/mol. The molecule has 3 aromatic rings. The number of anilines is 1. The number of rotatable bonds is 4. The molecule has 0 spiro atoms. The fourth-order valence-corrected chi connectivity index (χ4v) is 3.19. The Kier molecular flexibility index (Phi) is 4.21. The van der Waals surface area contributed by atoms with Crippen LogP contribution in [0.15, 0.2) is 78.9 Å². The van der Waals surface area contributed by atoms with Crippen LogP contribution in [-0.2, 0) is 11.2 Å². The molecule has 0 bridgehead atoms. The summed E-state index contributed by atoms with van der Waals surface area (Å²) >= 11 is 0. The molecular formula is C22H19NO2. The second-order valence-corrected chi connectivity index (χ2v) is 6.10. The van der Waals surface area contributed by atoms with Crippen molar-refractivity contribution in [1.82, 2.24) is 0 Å². The number of hydrogen-bond donors (Lipinski definition) is 0. The summed E-state index contributed by atoms with van der Waals surface area (Å²) in [6.45, 7) is 0.785. The van der Waals surface area contributed by atoms with E-state index in [1.165, 1.54) is 11.1 Å². The van der Waals surface area contributed by atoms with Gasteiger partial charge in [0, 0.05) is 12.2 Å². The highest BCUT2D eigenvalue weighted by molar-refractivity contribution is 5.96. The predicted molar refractivity (Wildman–Crippen MR) is 99.9 cm³/mol. The zero-order valence-electron chi connectivity index (χ0n) is 13.9. The summed E-state index contributed by atoms with van der Waals surface area (Å²) in [4.78, 5) is 14.3. The Hall–Kier alpha value is -3.07. The zero-order chi connectivity index (χ0) is 17.1. The maximum atomic E-state index is 12.5. The molecule has 1 aliphatic heterocycles. The Bertz CT molecular complexity index is 872. The maximum Gasteiger partial charge on any atom is 0.264 e. The van der Waals surface area contributed by atoms with Crippen molar-refractivity contribution in [3.05, 3.63) is 84.4 Å². The summed E-state index contributed by atoms with van der Waals surface area (Å²) in [6.07, 6.45) is 0.910. The van der Waals surface area contributed by atoms with Crippen LogP contribution in [0.3, 0.4) is 0 Å². The van der Waals surface area contributed by atoms with Crippen molar-refractivity contribution in [1.29, 1.82) is 0 Å². The molecule has 3 heteroatoms. The van der Waals surface area contributed by atoms with Crippen LogP contribution in [0.5, 0.6) is 5.75 Å². The van der Waals surface area contributed by atoms with Crippen LogP contribution in [0.2, 0.25) is 0 Å². The van der Waals surface area contributed by atoms with Gasteiger partial charge in [0.05, 0.1) is 0 Å². The van der Waals surface area contributed by atoms with E-state index in [0.717, 1.165) is 24.2 Å². The molecule has 0 N–H and O–H groups in total. The summed E-state index contributed by atoms with van der Waals surface area (Å²) < 4.78 is 5.69. The van der Waals surface area contributed by atoms with Crippen LogP contribution >= 0.6 is 0 Å². The van der Waals surface area contributed by atoms with Gasteiger partial charge in [-0.2, -0.15) is 0 Å². The lowest BCUT2D eigenvalue weighted by Gasteiger charge is -2.17. The lowest BCUT2D eigenvalue weighted by molar-refractivity contribution is -0.120. The van der Waals surface area contributed by atoms with E-state index in [4.69, 9.17) is 4.74 Å². The van der Waals surface area contributed by atoms with Gasteiger partial charge in [-0.15, -0.1) is 0 Å². The van der Waals surface area contributed by atoms with Gasteiger partial charge in [0.15, 0.2) is 6.61 Å². The molecule has 0 fully saturated rings. The van der Waals surface area contributed by atoms with Crippen LogP contribution in [0.4, 0.5) is 5.69 Å². The number of nitrogens with zero attached hydrogens (tertiary/aromatic N) is 1. The van der Waals surface area contributed by atoms with Gasteiger partial charge >= 0.3 is 0 Å². The van der Waals surface area contributed by atoms with Gasteiger partial charge in [-0.1, -0.05) is 60.7 Å². The lowest BCUT2D eigenvalue weighted by Crippen LogP contribution is -2.33. The highest BCUT2D eigenvalue weighted by Crippen LogP contribution is 2.27. The Morgan fingerprint density at radius 3 is 2.32 bits per heavy atom. The molecule has 3 aromatic carbocycles. The smallest absolute Gasteiger partial charge is 0.264 e. The van der Waals surface area contributed by atoms with E-state index >= 15 is 0 Å².